The van der Waals surface area contributed by atoms with E-state index >= 15 is 0 Å². The van der Waals surface area contributed by atoms with Crippen LogP contribution in [0.3, 0.4) is 0 Å². The van der Waals surface area contributed by atoms with E-state index in [9.17, 15) is 24.0 Å². The number of nitrogens with one attached hydrogen (secondary N) is 3. The molecule has 16 nitrogen and oxygen atoms in total. The van der Waals surface area contributed by atoms with E-state index in [2.05, 4.69) is 41.4 Å². The predicted octanol–water partition coefficient (Wildman–Crippen LogP) is 4.58. The van der Waals surface area contributed by atoms with E-state index in [0.717, 1.165) is 111 Å². The molecule has 1 unspecified atom stereocenters. The molecule has 4 fully saturated rings. The number of imide groups is 2. The van der Waals surface area contributed by atoms with Crippen LogP contribution in [0, 0.1) is 5.92 Å². The molecule has 5 aliphatic rings. The maximum Gasteiger partial charge on any atom is 0.270 e. The summed E-state index contributed by atoms with van der Waals surface area (Å²) in [4.78, 5) is 85.4. The molecule has 0 radical (unpaired) electrons. The second kappa shape index (κ2) is 16.0. The molecular formula is C43H51N11O5. The first kappa shape index (κ1) is 38.6. The van der Waals surface area contributed by atoms with Crippen LogP contribution in [0.25, 0.3) is 11.0 Å². The van der Waals surface area contributed by atoms with Crippen molar-refractivity contribution >= 4 is 63.7 Å². The minimum absolute atomic E-state index is 0.0314. The molecule has 5 amide bonds. The number of hydrogen-bond donors (Lipinski definition) is 3. The van der Waals surface area contributed by atoms with Crippen molar-refractivity contribution in [1.29, 1.82) is 0 Å². The fourth-order valence-corrected chi connectivity index (χ4v) is 9.63. The summed E-state index contributed by atoms with van der Waals surface area (Å²) in [6, 6.07) is 10.7. The highest BCUT2D eigenvalue weighted by Gasteiger charge is 2.44. The van der Waals surface area contributed by atoms with E-state index in [1.165, 1.54) is 0 Å². The Morgan fingerprint density at radius 1 is 0.864 bits per heavy atom. The molecule has 1 aromatic carbocycles. The Kier molecular flexibility index (Phi) is 10.5. The normalized spacial score (nSPS) is 21.9. The van der Waals surface area contributed by atoms with Crippen LogP contribution >= 0.6 is 0 Å². The fraction of sp³-hybridized carbons (Fsp3) is 0.488. The number of amides is 5. The van der Waals surface area contributed by atoms with E-state index in [0.29, 0.717) is 23.4 Å². The summed E-state index contributed by atoms with van der Waals surface area (Å²) in [5.74, 6) is -0.319. The van der Waals surface area contributed by atoms with Crippen LogP contribution < -0.4 is 20.9 Å². The average Bonchev–Trinajstić information content (AvgIpc) is 3.95. The molecule has 0 spiro atoms. The van der Waals surface area contributed by atoms with Gasteiger partial charge in [-0.15, -0.1) is 0 Å². The zero-order chi connectivity index (χ0) is 40.8. The van der Waals surface area contributed by atoms with Crippen molar-refractivity contribution in [3.05, 3.63) is 65.6 Å². The number of fused-ring (bicyclic) bond motifs is 2. The molecule has 3 saturated heterocycles. The summed E-state index contributed by atoms with van der Waals surface area (Å²) >= 11 is 0. The third-order valence-electron chi connectivity index (χ3n) is 12.7. The molecule has 4 aromatic rings. The van der Waals surface area contributed by atoms with E-state index in [4.69, 9.17) is 9.97 Å². The van der Waals surface area contributed by atoms with Crippen LogP contribution in [0.4, 0.5) is 23.1 Å². The summed E-state index contributed by atoms with van der Waals surface area (Å²) in [6.07, 6.45) is 12.5. The van der Waals surface area contributed by atoms with Gasteiger partial charge < -0.3 is 29.9 Å². The average molecular weight is 802 g/mol. The Labute approximate surface area is 342 Å². The smallest absolute Gasteiger partial charge is 0.270 e. The lowest BCUT2D eigenvalue weighted by Crippen LogP contribution is -2.54. The molecule has 0 bridgehead atoms. The summed E-state index contributed by atoms with van der Waals surface area (Å²) in [5.41, 5.74) is 3.86. The Bertz CT molecular complexity index is 2290. The van der Waals surface area contributed by atoms with E-state index in [1.54, 1.807) is 37.3 Å². The van der Waals surface area contributed by atoms with Crippen molar-refractivity contribution in [2.24, 2.45) is 5.92 Å². The van der Waals surface area contributed by atoms with Crippen LogP contribution in [0.1, 0.15) is 101 Å². The second-order valence-corrected chi connectivity index (χ2v) is 16.9. The lowest BCUT2D eigenvalue weighted by Gasteiger charge is -2.39. The lowest BCUT2D eigenvalue weighted by molar-refractivity contribution is -0.136. The molecule has 7 heterocycles. The predicted molar refractivity (Wildman–Crippen MR) is 222 cm³/mol. The third-order valence-corrected chi connectivity index (χ3v) is 12.7. The van der Waals surface area contributed by atoms with Gasteiger partial charge in [0.1, 0.15) is 23.2 Å². The van der Waals surface area contributed by atoms with Crippen LogP contribution in [-0.2, 0) is 9.59 Å². The van der Waals surface area contributed by atoms with Gasteiger partial charge in [-0.2, -0.15) is 4.98 Å². The molecular weight excluding hydrogens is 751 g/mol. The van der Waals surface area contributed by atoms with E-state index < -0.39 is 29.7 Å². The van der Waals surface area contributed by atoms with Gasteiger partial charge in [0, 0.05) is 76.0 Å². The molecule has 1 saturated carbocycles. The minimum Gasteiger partial charge on any atom is -0.381 e. The van der Waals surface area contributed by atoms with Crippen LogP contribution in [-0.4, -0.2) is 123 Å². The van der Waals surface area contributed by atoms with Crippen molar-refractivity contribution in [2.75, 3.05) is 62.4 Å². The van der Waals surface area contributed by atoms with Crippen LogP contribution in [0.5, 0.6) is 0 Å². The highest BCUT2D eigenvalue weighted by molar-refractivity contribution is 6.23. The second-order valence-electron chi connectivity index (χ2n) is 16.9. The van der Waals surface area contributed by atoms with Crippen LogP contribution in [0.15, 0.2) is 48.8 Å². The Morgan fingerprint density at radius 2 is 1.66 bits per heavy atom. The number of carbonyl (C=O) groups excluding carboxylic acids is 5. The zero-order valence-electron chi connectivity index (χ0n) is 33.7. The number of pyridine rings is 1. The van der Waals surface area contributed by atoms with Gasteiger partial charge in [0.25, 0.3) is 17.7 Å². The summed E-state index contributed by atoms with van der Waals surface area (Å²) in [6.45, 7) is 4.89. The monoisotopic (exact) mass is 801 g/mol. The molecule has 9 rings (SSSR count). The van der Waals surface area contributed by atoms with Gasteiger partial charge >= 0.3 is 0 Å². The molecule has 16 heteroatoms. The molecule has 3 aromatic heterocycles. The lowest BCUT2D eigenvalue weighted by atomic mass is 9.94. The van der Waals surface area contributed by atoms with Gasteiger partial charge in [-0.1, -0.05) is 12.8 Å². The van der Waals surface area contributed by atoms with Gasteiger partial charge in [0.05, 0.1) is 23.0 Å². The number of anilines is 4. The minimum atomic E-state index is -0.976. The van der Waals surface area contributed by atoms with E-state index in [1.807, 2.05) is 24.4 Å². The summed E-state index contributed by atoms with van der Waals surface area (Å²) in [7, 11) is 3.55. The molecule has 3 N–H and O–H groups in total. The summed E-state index contributed by atoms with van der Waals surface area (Å²) in [5, 5.41) is 9.99. The molecule has 59 heavy (non-hydrogen) atoms. The number of benzene rings is 1. The van der Waals surface area contributed by atoms with Gasteiger partial charge in [0.2, 0.25) is 17.8 Å². The highest BCUT2D eigenvalue weighted by Crippen LogP contribution is 2.35. The number of nitrogens with zero attached hydrogens (tertiary/aromatic N) is 8. The number of carbonyl (C=O) groups is 5. The molecule has 1 aliphatic carbocycles. The Morgan fingerprint density at radius 3 is 2.41 bits per heavy atom. The first-order valence-electron chi connectivity index (χ1n) is 21.0. The molecule has 2 atom stereocenters. The number of rotatable bonds is 10. The Hall–Kier alpha value is -5.90. The number of aromatic nitrogens is 4. The number of hydrogen-bond acceptors (Lipinski definition) is 12. The van der Waals surface area contributed by atoms with Crippen molar-refractivity contribution in [1.82, 2.24) is 39.5 Å². The van der Waals surface area contributed by atoms with E-state index in [-0.39, 0.29) is 42.0 Å². The van der Waals surface area contributed by atoms with Crippen molar-refractivity contribution in [3.8, 4) is 0 Å². The first-order chi connectivity index (χ1) is 28.6. The standard InChI is InChI=1S/C43H51N11O5/c1-50(2)42(59)35-20-27-22-45-43(49-38(27)53(35)30-7-3-4-8-30)47-36-13-10-31(23-44-36)52-18-15-26(16-19-52)24-51-17-5-6-29(25-51)46-28-9-11-32-33(21-28)41(58)54(40(32)57)34-12-14-37(55)48-39(34)56/h9-11,13,20-23,26,29-30,34,46H,3-8,12,14-19,24-25H2,1-2H3,(H,48,55,56)(H,44,45,47,49)/t29-,34?/m1/s1. The van der Waals surface area contributed by atoms with Gasteiger partial charge in [-0.25, -0.2) is 9.97 Å². The van der Waals surface area contributed by atoms with Crippen molar-refractivity contribution in [3.63, 3.8) is 0 Å². The quantitative estimate of drug-likeness (QED) is 0.191. The molecule has 308 valence electrons. The topological polar surface area (TPSA) is 178 Å². The highest BCUT2D eigenvalue weighted by atomic mass is 16.2. The van der Waals surface area contributed by atoms with Gasteiger partial charge in [0.15, 0.2) is 0 Å². The number of likely N-dealkylation sites (tertiary alicyclic amines) is 1. The van der Waals surface area contributed by atoms with Crippen molar-refractivity contribution < 1.29 is 24.0 Å². The SMILES string of the molecule is CN(C)C(=O)c1cc2cnc(Nc3ccc(N4CCC(CN5CCC[C@@H](Nc6ccc7c(c6)C(=O)N(C6CCC(=O)NC6=O)C7=O)C5)CC4)cn3)nc2n1C1CCCC1. The fourth-order valence-electron chi connectivity index (χ4n) is 9.63. The third kappa shape index (κ3) is 7.73. The number of piperidine rings is 3. The largest absolute Gasteiger partial charge is 0.381 e. The Balaban J connectivity index is 0.770. The zero-order valence-corrected chi connectivity index (χ0v) is 33.7. The first-order valence-corrected chi connectivity index (χ1v) is 21.0. The van der Waals surface area contributed by atoms with Gasteiger partial charge in [-0.05, 0) is 93.8 Å². The van der Waals surface area contributed by atoms with Crippen molar-refractivity contribution in [2.45, 2.75) is 82.3 Å². The molecule has 4 aliphatic heterocycles. The summed E-state index contributed by atoms with van der Waals surface area (Å²) < 4.78 is 2.12. The maximum atomic E-state index is 13.3. The van der Waals surface area contributed by atoms with Gasteiger partial charge in [-0.3, -0.25) is 34.2 Å². The maximum absolute atomic E-state index is 13.3. The van der Waals surface area contributed by atoms with Crippen LogP contribution in [0.2, 0.25) is 0 Å².